The van der Waals surface area contributed by atoms with Crippen LogP contribution in [0.4, 0.5) is 0 Å². The van der Waals surface area contributed by atoms with Crippen LogP contribution in [0, 0.1) is 6.92 Å². The molecule has 26 heavy (non-hydrogen) atoms. The van der Waals surface area contributed by atoms with E-state index in [1.807, 2.05) is 31.0 Å². The van der Waals surface area contributed by atoms with Crippen molar-refractivity contribution in [3.05, 3.63) is 29.8 Å². The molecule has 1 aliphatic heterocycles. The topological polar surface area (TPSA) is 49.9 Å². The van der Waals surface area contributed by atoms with E-state index in [0.29, 0.717) is 4.90 Å². The van der Waals surface area contributed by atoms with E-state index < -0.39 is 9.84 Å². The molecule has 0 saturated carbocycles. The largest absolute Gasteiger partial charge is 0.376 e. The summed E-state index contributed by atoms with van der Waals surface area (Å²) < 4.78 is 30.9. The van der Waals surface area contributed by atoms with Crippen molar-refractivity contribution >= 4 is 9.84 Å². The van der Waals surface area contributed by atoms with Gasteiger partial charge in [0.1, 0.15) is 5.88 Å². The molecule has 1 atom stereocenters. The first-order valence-corrected chi connectivity index (χ1v) is 11.4. The number of sulfone groups is 1. The molecule has 0 aromatic heterocycles. The summed E-state index contributed by atoms with van der Waals surface area (Å²) in [5.41, 5.74) is 1.07. The standard InChI is InChI=1S/C20H34N2O3S/c1-4-5-6-12-22-14-15-25-19(16-22)11-13-21(3)17-26(23,24)20-9-7-18(2)8-10-20/h7-10,19H,4-6,11-17H2,1-3H3/t19-/m1/s1. The lowest BCUT2D eigenvalue weighted by atomic mass is 10.2. The van der Waals surface area contributed by atoms with Crippen molar-refractivity contribution in [3.8, 4) is 0 Å². The van der Waals surface area contributed by atoms with Gasteiger partial charge in [0.25, 0.3) is 0 Å². The molecule has 0 bridgehead atoms. The second kappa shape index (κ2) is 10.4. The summed E-state index contributed by atoms with van der Waals surface area (Å²) in [5.74, 6) is 0.0446. The van der Waals surface area contributed by atoms with Gasteiger partial charge in [-0.25, -0.2) is 8.42 Å². The Morgan fingerprint density at radius 2 is 1.96 bits per heavy atom. The minimum Gasteiger partial charge on any atom is -0.376 e. The van der Waals surface area contributed by atoms with Crippen molar-refractivity contribution in [1.82, 2.24) is 9.80 Å². The summed E-state index contributed by atoms with van der Waals surface area (Å²) in [6, 6.07) is 7.07. The van der Waals surface area contributed by atoms with Gasteiger partial charge in [-0.05, 0) is 45.5 Å². The van der Waals surface area contributed by atoms with Gasteiger partial charge in [-0.15, -0.1) is 0 Å². The van der Waals surface area contributed by atoms with Gasteiger partial charge in [0.2, 0.25) is 0 Å². The quantitative estimate of drug-likeness (QED) is 0.582. The molecule has 1 saturated heterocycles. The number of nitrogens with zero attached hydrogens (tertiary/aromatic N) is 2. The first-order valence-electron chi connectivity index (χ1n) is 9.72. The molecule has 0 spiro atoms. The first-order chi connectivity index (χ1) is 12.4. The lowest BCUT2D eigenvalue weighted by molar-refractivity contribution is -0.0347. The third-order valence-corrected chi connectivity index (χ3v) is 6.68. The van der Waals surface area contributed by atoms with Gasteiger partial charge in [0.05, 0.1) is 17.6 Å². The van der Waals surface area contributed by atoms with Crippen LogP contribution in [-0.4, -0.2) is 70.0 Å². The SMILES string of the molecule is CCCCCN1CCO[C@H](CCN(C)CS(=O)(=O)c2ccc(C)cc2)C1. The maximum absolute atomic E-state index is 12.5. The average molecular weight is 383 g/mol. The van der Waals surface area contributed by atoms with Crippen molar-refractivity contribution in [1.29, 1.82) is 0 Å². The van der Waals surface area contributed by atoms with Gasteiger partial charge < -0.3 is 4.74 Å². The summed E-state index contributed by atoms with van der Waals surface area (Å²) in [4.78, 5) is 4.76. The Kier molecular flexibility index (Phi) is 8.54. The van der Waals surface area contributed by atoms with Crippen molar-refractivity contribution in [3.63, 3.8) is 0 Å². The second-order valence-corrected chi connectivity index (χ2v) is 9.38. The van der Waals surface area contributed by atoms with Gasteiger partial charge in [-0.3, -0.25) is 9.80 Å². The highest BCUT2D eigenvalue weighted by molar-refractivity contribution is 7.91. The zero-order valence-corrected chi connectivity index (χ0v) is 17.3. The number of ether oxygens (including phenoxy) is 1. The summed E-state index contributed by atoms with van der Waals surface area (Å²) in [6.07, 6.45) is 4.84. The molecule has 1 fully saturated rings. The molecule has 148 valence electrons. The smallest absolute Gasteiger partial charge is 0.191 e. The Balaban J connectivity index is 1.77. The maximum Gasteiger partial charge on any atom is 0.191 e. The Labute approximate surface area is 159 Å². The highest BCUT2D eigenvalue weighted by Gasteiger charge is 2.22. The van der Waals surface area contributed by atoms with Crippen LogP contribution in [0.15, 0.2) is 29.2 Å². The fourth-order valence-corrected chi connectivity index (χ4v) is 4.69. The van der Waals surface area contributed by atoms with E-state index in [1.54, 1.807) is 12.1 Å². The van der Waals surface area contributed by atoms with Crippen molar-refractivity contribution in [2.75, 3.05) is 45.7 Å². The maximum atomic E-state index is 12.5. The van der Waals surface area contributed by atoms with Gasteiger partial charge in [-0.2, -0.15) is 0 Å². The Bertz CT molecular complexity index is 631. The lowest BCUT2D eigenvalue weighted by Crippen LogP contribution is -2.44. The van der Waals surface area contributed by atoms with Gasteiger partial charge in [-0.1, -0.05) is 37.5 Å². The zero-order valence-electron chi connectivity index (χ0n) is 16.5. The first kappa shape index (κ1) is 21.4. The molecule has 0 N–H and O–H groups in total. The molecular weight excluding hydrogens is 348 g/mol. The fraction of sp³-hybridized carbons (Fsp3) is 0.700. The van der Waals surface area contributed by atoms with Crippen LogP contribution in [0.1, 0.15) is 38.2 Å². The highest BCUT2D eigenvalue weighted by atomic mass is 32.2. The molecule has 2 rings (SSSR count). The lowest BCUT2D eigenvalue weighted by Gasteiger charge is -2.33. The van der Waals surface area contributed by atoms with Crippen molar-refractivity contribution in [2.24, 2.45) is 0 Å². The average Bonchev–Trinajstić information content (AvgIpc) is 2.61. The second-order valence-electron chi connectivity index (χ2n) is 7.43. The van der Waals surface area contributed by atoms with Crippen molar-refractivity contribution < 1.29 is 13.2 Å². The number of rotatable bonds is 10. The number of hydrogen-bond donors (Lipinski definition) is 0. The molecule has 1 aliphatic rings. The van der Waals surface area contributed by atoms with Crippen molar-refractivity contribution in [2.45, 2.75) is 50.5 Å². The summed E-state index contributed by atoms with van der Waals surface area (Å²) in [7, 11) is -1.41. The van der Waals surface area contributed by atoms with Gasteiger partial charge in [0, 0.05) is 19.6 Å². The Morgan fingerprint density at radius 1 is 1.23 bits per heavy atom. The molecule has 0 radical (unpaired) electrons. The van der Waals surface area contributed by atoms with E-state index in [2.05, 4.69) is 11.8 Å². The van der Waals surface area contributed by atoms with Crippen LogP contribution in [0.25, 0.3) is 0 Å². The van der Waals surface area contributed by atoms with Gasteiger partial charge >= 0.3 is 0 Å². The molecule has 6 heteroatoms. The number of benzene rings is 1. The fourth-order valence-electron chi connectivity index (χ4n) is 3.28. The van der Waals surface area contributed by atoms with Crippen LogP contribution in [0.3, 0.4) is 0 Å². The number of unbranched alkanes of at least 4 members (excludes halogenated alkanes) is 2. The van der Waals surface area contributed by atoms with Crippen LogP contribution >= 0.6 is 0 Å². The monoisotopic (exact) mass is 382 g/mol. The van der Waals surface area contributed by atoms with Crippen LogP contribution in [0.2, 0.25) is 0 Å². The molecule has 0 amide bonds. The van der Waals surface area contributed by atoms with E-state index in [9.17, 15) is 8.42 Å². The summed E-state index contributed by atoms with van der Waals surface area (Å²) >= 11 is 0. The number of aryl methyl sites for hydroxylation is 1. The predicted octanol–water partition coefficient (Wildman–Crippen LogP) is 2.94. The molecule has 1 aromatic carbocycles. The Hall–Kier alpha value is -0.950. The Morgan fingerprint density at radius 3 is 2.65 bits per heavy atom. The third kappa shape index (κ3) is 6.99. The minimum atomic E-state index is -3.28. The van der Waals surface area contributed by atoms with Crippen LogP contribution < -0.4 is 0 Å². The normalized spacial score (nSPS) is 19.2. The highest BCUT2D eigenvalue weighted by Crippen LogP contribution is 2.15. The minimum absolute atomic E-state index is 0.0446. The van der Waals surface area contributed by atoms with E-state index in [-0.39, 0.29) is 12.0 Å². The molecule has 5 nitrogen and oxygen atoms in total. The summed E-state index contributed by atoms with van der Waals surface area (Å²) in [5, 5.41) is 0. The summed E-state index contributed by atoms with van der Waals surface area (Å²) in [6.45, 7) is 8.80. The molecule has 1 aromatic rings. The van der Waals surface area contributed by atoms with E-state index in [0.717, 1.165) is 44.8 Å². The zero-order chi connectivity index (χ0) is 19.0. The predicted molar refractivity (Wildman–Crippen MR) is 106 cm³/mol. The van der Waals surface area contributed by atoms with Crippen LogP contribution in [-0.2, 0) is 14.6 Å². The van der Waals surface area contributed by atoms with Crippen LogP contribution in [0.5, 0.6) is 0 Å². The number of morpholine rings is 1. The van der Waals surface area contributed by atoms with E-state index in [1.165, 1.54) is 19.3 Å². The number of hydrogen-bond acceptors (Lipinski definition) is 5. The van der Waals surface area contributed by atoms with E-state index >= 15 is 0 Å². The third-order valence-electron chi connectivity index (χ3n) is 4.90. The van der Waals surface area contributed by atoms with E-state index in [4.69, 9.17) is 4.74 Å². The molecule has 1 heterocycles. The van der Waals surface area contributed by atoms with Gasteiger partial charge in [0.15, 0.2) is 9.84 Å². The molecule has 0 unspecified atom stereocenters. The molecular formula is C20H34N2O3S. The molecule has 0 aliphatic carbocycles.